The Morgan fingerprint density at radius 3 is 2.60 bits per heavy atom. The zero-order valence-corrected chi connectivity index (χ0v) is 20.3. The van der Waals surface area contributed by atoms with Crippen molar-refractivity contribution in [3.05, 3.63) is 59.2 Å². The molecule has 3 saturated heterocycles. The molecule has 184 valence electrons. The highest BCUT2D eigenvalue weighted by atomic mass is 16.5. The Bertz CT molecular complexity index is 1130. The predicted octanol–water partition coefficient (Wildman–Crippen LogP) is 2.52. The minimum absolute atomic E-state index is 0.00139. The summed E-state index contributed by atoms with van der Waals surface area (Å²) >= 11 is 0. The first-order valence-electron chi connectivity index (χ1n) is 12.4. The van der Waals surface area contributed by atoms with E-state index in [1.54, 1.807) is 0 Å². The number of rotatable bonds is 4. The van der Waals surface area contributed by atoms with Gasteiger partial charge in [0.2, 0.25) is 5.91 Å². The fourth-order valence-electron chi connectivity index (χ4n) is 5.21. The van der Waals surface area contributed by atoms with Crippen LogP contribution in [0.4, 0.5) is 4.79 Å². The molecular weight excluding hydrogens is 444 g/mol. The van der Waals surface area contributed by atoms with Crippen LogP contribution >= 0.6 is 0 Å². The fraction of sp³-hybridized carbons (Fsp3) is 0.444. The summed E-state index contributed by atoms with van der Waals surface area (Å²) in [6, 6.07) is 14.2. The molecule has 2 aromatic carbocycles. The second-order valence-corrected chi connectivity index (χ2v) is 9.67. The highest BCUT2D eigenvalue weighted by Crippen LogP contribution is 2.32. The third-order valence-electron chi connectivity index (χ3n) is 7.20. The third kappa shape index (κ3) is 4.75. The van der Waals surface area contributed by atoms with Crippen LogP contribution in [0.15, 0.2) is 42.5 Å². The average molecular weight is 477 g/mol. The Morgan fingerprint density at radius 2 is 1.86 bits per heavy atom. The van der Waals surface area contributed by atoms with Gasteiger partial charge in [0.1, 0.15) is 6.61 Å². The smallest absolute Gasteiger partial charge is 0.320 e. The Hall–Kier alpha value is -3.39. The van der Waals surface area contributed by atoms with E-state index in [1.807, 2.05) is 41.8 Å². The van der Waals surface area contributed by atoms with Gasteiger partial charge in [-0.3, -0.25) is 9.59 Å². The van der Waals surface area contributed by atoms with E-state index in [2.05, 4.69) is 34.9 Å². The van der Waals surface area contributed by atoms with E-state index in [-0.39, 0.29) is 36.6 Å². The maximum Gasteiger partial charge on any atom is 0.320 e. The van der Waals surface area contributed by atoms with Crippen LogP contribution in [0.2, 0.25) is 0 Å². The average Bonchev–Trinajstić information content (AvgIpc) is 2.83. The molecule has 8 nitrogen and oxygen atoms in total. The second-order valence-electron chi connectivity index (χ2n) is 9.67. The lowest BCUT2D eigenvalue weighted by molar-refractivity contribution is -0.139. The first kappa shape index (κ1) is 23.4. The van der Waals surface area contributed by atoms with Crippen LogP contribution in [-0.2, 0) is 9.53 Å². The summed E-state index contributed by atoms with van der Waals surface area (Å²) in [5, 5.41) is 5.85. The summed E-state index contributed by atoms with van der Waals surface area (Å²) in [7, 11) is 0. The number of amides is 4. The molecule has 0 aromatic heterocycles. The molecule has 0 bridgehead atoms. The maximum absolute atomic E-state index is 13.0. The van der Waals surface area contributed by atoms with E-state index < -0.39 is 0 Å². The molecule has 0 spiro atoms. The normalized spacial score (nSPS) is 22.2. The number of fused-ring (bicyclic) bond motifs is 1. The van der Waals surface area contributed by atoms with Gasteiger partial charge in [0.25, 0.3) is 5.91 Å². The van der Waals surface area contributed by atoms with Crippen molar-refractivity contribution >= 4 is 17.8 Å². The number of ether oxygens (including phenoxy) is 1. The molecule has 3 fully saturated rings. The van der Waals surface area contributed by atoms with E-state index in [9.17, 15) is 14.4 Å². The Labute approximate surface area is 205 Å². The fourth-order valence-corrected chi connectivity index (χ4v) is 5.21. The van der Waals surface area contributed by atoms with Crippen LogP contribution < -0.4 is 10.6 Å². The number of carbonyl (C=O) groups excluding carboxylic acids is 3. The van der Waals surface area contributed by atoms with Crippen LogP contribution in [-0.4, -0.2) is 79.1 Å². The van der Waals surface area contributed by atoms with Gasteiger partial charge < -0.3 is 25.2 Å². The summed E-state index contributed by atoms with van der Waals surface area (Å²) in [5.74, 6) is 0.118. The second kappa shape index (κ2) is 9.70. The van der Waals surface area contributed by atoms with E-state index in [1.165, 1.54) is 5.56 Å². The van der Waals surface area contributed by atoms with Gasteiger partial charge in [0.15, 0.2) is 0 Å². The molecule has 0 radical (unpaired) electrons. The van der Waals surface area contributed by atoms with Gasteiger partial charge in [-0.05, 0) is 43.0 Å². The minimum atomic E-state index is -0.121. The topological polar surface area (TPSA) is 91.0 Å². The Kier molecular flexibility index (Phi) is 6.47. The van der Waals surface area contributed by atoms with Crippen molar-refractivity contribution in [3.63, 3.8) is 0 Å². The van der Waals surface area contributed by atoms with Crippen molar-refractivity contribution in [1.29, 1.82) is 0 Å². The molecule has 5 rings (SSSR count). The van der Waals surface area contributed by atoms with Gasteiger partial charge in [-0.2, -0.15) is 0 Å². The van der Waals surface area contributed by atoms with Crippen LogP contribution in [0.1, 0.15) is 40.7 Å². The zero-order chi connectivity index (χ0) is 24.5. The number of carbonyl (C=O) groups is 3. The molecule has 2 N–H and O–H groups in total. The van der Waals surface area contributed by atoms with Gasteiger partial charge in [-0.15, -0.1) is 0 Å². The minimum Gasteiger partial charge on any atom is -0.366 e. The molecule has 0 saturated carbocycles. The van der Waals surface area contributed by atoms with Crippen molar-refractivity contribution in [2.24, 2.45) is 0 Å². The number of aryl methyl sites for hydroxylation is 1. The van der Waals surface area contributed by atoms with Crippen LogP contribution in [0, 0.1) is 6.92 Å². The number of morpholine rings is 1. The lowest BCUT2D eigenvalue weighted by Gasteiger charge is -2.46. The van der Waals surface area contributed by atoms with E-state index in [0.29, 0.717) is 44.2 Å². The summed E-state index contributed by atoms with van der Waals surface area (Å²) in [4.78, 5) is 40.9. The number of urea groups is 1. The van der Waals surface area contributed by atoms with Crippen LogP contribution in [0.3, 0.4) is 0 Å². The molecule has 35 heavy (non-hydrogen) atoms. The summed E-state index contributed by atoms with van der Waals surface area (Å²) in [6.07, 6.45) is 0.744. The zero-order valence-electron chi connectivity index (χ0n) is 20.3. The molecule has 0 aliphatic carbocycles. The Balaban J connectivity index is 1.20. The van der Waals surface area contributed by atoms with Crippen molar-refractivity contribution < 1.29 is 19.1 Å². The predicted molar refractivity (Wildman–Crippen MR) is 132 cm³/mol. The number of nitrogens with one attached hydrogen (secondary N) is 2. The van der Waals surface area contributed by atoms with Gasteiger partial charge in [0, 0.05) is 44.2 Å². The van der Waals surface area contributed by atoms with Crippen molar-refractivity contribution in [2.75, 3.05) is 39.3 Å². The third-order valence-corrected chi connectivity index (χ3v) is 7.20. The van der Waals surface area contributed by atoms with Gasteiger partial charge >= 0.3 is 6.03 Å². The van der Waals surface area contributed by atoms with E-state index in [4.69, 9.17) is 4.74 Å². The molecule has 0 unspecified atom stereocenters. The molecule has 3 aliphatic rings. The largest absolute Gasteiger partial charge is 0.366 e. The highest BCUT2D eigenvalue weighted by Gasteiger charge is 2.40. The summed E-state index contributed by atoms with van der Waals surface area (Å²) in [6.45, 7) is 7.11. The molecule has 2 atom stereocenters. The number of hydrogen-bond donors (Lipinski definition) is 2. The highest BCUT2D eigenvalue weighted by molar-refractivity contribution is 6.01. The lowest BCUT2D eigenvalue weighted by atomic mass is 9.89. The summed E-state index contributed by atoms with van der Waals surface area (Å²) < 4.78 is 5.59. The van der Waals surface area contributed by atoms with Gasteiger partial charge in [0.05, 0.1) is 12.1 Å². The molecule has 8 heteroatoms. The molecule has 4 amide bonds. The van der Waals surface area contributed by atoms with Crippen molar-refractivity contribution in [3.8, 4) is 11.1 Å². The lowest BCUT2D eigenvalue weighted by Crippen LogP contribution is -2.63. The SMILES string of the molecule is CCNC(=O)c1cc(C)ccc1-c1ccc(C2CN(C(=O)N3CC[C@@H]4OCC(=O)N[C@@H]4C3)C2)cc1. The number of hydrogen-bond acceptors (Lipinski definition) is 4. The Morgan fingerprint density at radius 1 is 1.09 bits per heavy atom. The first-order valence-corrected chi connectivity index (χ1v) is 12.4. The number of nitrogens with zero attached hydrogens (tertiary/aromatic N) is 2. The van der Waals surface area contributed by atoms with Crippen LogP contribution in [0.25, 0.3) is 11.1 Å². The molecule has 3 aliphatic heterocycles. The van der Waals surface area contributed by atoms with Crippen molar-refractivity contribution in [2.45, 2.75) is 38.3 Å². The van der Waals surface area contributed by atoms with Crippen molar-refractivity contribution in [1.82, 2.24) is 20.4 Å². The summed E-state index contributed by atoms with van der Waals surface area (Å²) in [5.41, 5.74) is 4.84. The number of piperidine rings is 1. The maximum atomic E-state index is 13.0. The van der Waals surface area contributed by atoms with E-state index in [0.717, 1.165) is 23.1 Å². The van der Waals surface area contributed by atoms with Gasteiger partial charge in [-0.1, -0.05) is 42.0 Å². The standard InChI is InChI=1S/C27H32N4O4/c1-3-28-26(33)22-12-17(2)4-9-21(22)19-7-5-18(6-8-19)20-13-31(14-20)27(34)30-11-10-24-23(15-30)29-25(32)16-35-24/h4-9,12,20,23-24H,3,10-11,13-16H2,1-2H3,(H,28,33)(H,29,32)/t23-,24+/m1/s1. The van der Waals surface area contributed by atoms with Gasteiger partial charge in [-0.25, -0.2) is 4.79 Å². The number of benzene rings is 2. The molecule has 3 heterocycles. The number of likely N-dealkylation sites (tertiary alicyclic amines) is 2. The van der Waals surface area contributed by atoms with E-state index >= 15 is 0 Å². The first-order chi connectivity index (χ1) is 16.9. The molecular formula is C27H32N4O4. The quantitative estimate of drug-likeness (QED) is 0.710. The monoisotopic (exact) mass is 476 g/mol. The van der Waals surface area contributed by atoms with Crippen LogP contribution in [0.5, 0.6) is 0 Å². The molecule has 2 aromatic rings.